The molecule has 4 amide bonds. The molecule has 2 saturated heterocycles. The Kier molecular flexibility index (Phi) is 12.3. The zero-order chi connectivity index (χ0) is 42.8. The number of H-pyrrole nitrogens is 2. The van der Waals surface area contributed by atoms with E-state index in [1.807, 2.05) is 49.8 Å². The van der Waals surface area contributed by atoms with Crippen LogP contribution in [-0.4, -0.2) is 93.1 Å². The summed E-state index contributed by atoms with van der Waals surface area (Å²) >= 11 is 0. The van der Waals surface area contributed by atoms with E-state index in [0.29, 0.717) is 13.1 Å². The minimum absolute atomic E-state index is 0.113. The van der Waals surface area contributed by atoms with Gasteiger partial charge in [-0.3, -0.25) is 9.59 Å². The van der Waals surface area contributed by atoms with E-state index in [1.54, 1.807) is 0 Å². The molecule has 14 heteroatoms. The van der Waals surface area contributed by atoms with E-state index in [0.717, 1.165) is 69.0 Å². The first-order valence-electron chi connectivity index (χ1n) is 20.8. The van der Waals surface area contributed by atoms with Crippen molar-refractivity contribution in [1.29, 1.82) is 0 Å². The summed E-state index contributed by atoms with van der Waals surface area (Å²) in [4.78, 5) is 71.8. The molecule has 0 spiro atoms. The van der Waals surface area contributed by atoms with Crippen molar-refractivity contribution < 1.29 is 28.7 Å². The summed E-state index contributed by atoms with van der Waals surface area (Å²) in [5, 5.41) is 5.44. The van der Waals surface area contributed by atoms with E-state index in [1.165, 1.54) is 14.2 Å². The summed E-state index contributed by atoms with van der Waals surface area (Å²) in [6.07, 6.45) is 2.10. The molecule has 6 atom stereocenters. The average molecular weight is 817 g/mol. The van der Waals surface area contributed by atoms with Gasteiger partial charge in [0.15, 0.2) is 0 Å². The average Bonchev–Trinajstić information content (AvgIpc) is 4.06. The van der Waals surface area contributed by atoms with Crippen LogP contribution in [0.15, 0.2) is 72.9 Å². The number of imidazole rings is 2. The number of hydrogen-bond donors (Lipinski definition) is 4. The molecule has 2 aliphatic heterocycles. The number of likely N-dealkylation sites (tertiary alicyclic amines) is 2. The van der Waals surface area contributed by atoms with Crippen molar-refractivity contribution in [3.05, 3.63) is 84.6 Å². The van der Waals surface area contributed by atoms with Crippen molar-refractivity contribution in [2.75, 3.05) is 27.3 Å². The molecule has 2 fully saturated rings. The van der Waals surface area contributed by atoms with Gasteiger partial charge in [-0.1, -0.05) is 96.1 Å². The van der Waals surface area contributed by atoms with Gasteiger partial charge in [0.05, 0.1) is 49.2 Å². The van der Waals surface area contributed by atoms with Crippen molar-refractivity contribution in [3.63, 3.8) is 0 Å². The van der Waals surface area contributed by atoms with Crippen LogP contribution in [-0.2, 0) is 19.1 Å². The third-order valence-corrected chi connectivity index (χ3v) is 11.8. The van der Waals surface area contributed by atoms with Gasteiger partial charge >= 0.3 is 12.2 Å². The lowest BCUT2D eigenvalue weighted by atomic mass is 9.99. The van der Waals surface area contributed by atoms with Gasteiger partial charge in [0.2, 0.25) is 11.8 Å². The van der Waals surface area contributed by atoms with E-state index in [4.69, 9.17) is 19.4 Å². The van der Waals surface area contributed by atoms with Crippen molar-refractivity contribution in [2.24, 2.45) is 23.7 Å². The normalized spacial score (nSPS) is 20.1. The molecular formula is C46H56N8O6. The van der Waals surface area contributed by atoms with Gasteiger partial charge in [-0.2, -0.15) is 0 Å². The molecule has 3 aromatic carbocycles. The summed E-state index contributed by atoms with van der Waals surface area (Å²) in [7, 11) is 2.59. The second kappa shape index (κ2) is 17.6. The van der Waals surface area contributed by atoms with Gasteiger partial charge in [-0.15, -0.1) is 0 Å². The fourth-order valence-electron chi connectivity index (χ4n) is 8.57. The molecule has 7 rings (SSSR count). The number of nitrogens with zero attached hydrogens (tertiary/aromatic N) is 4. The number of amides is 4. The highest BCUT2D eigenvalue weighted by atomic mass is 16.5. The molecule has 2 aromatic heterocycles. The largest absolute Gasteiger partial charge is 0.453 e. The molecular weight excluding hydrogens is 761 g/mol. The summed E-state index contributed by atoms with van der Waals surface area (Å²) in [5.41, 5.74) is 7.82. The monoisotopic (exact) mass is 816 g/mol. The fraction of sp³-hybridized carbons (Fsp3) is 0.435. The number of aromatic amines is 2. The van der Waals surface area contributed by atoms with Crippen LogP contribution >= 0.6 is 0 Å². The SMILES string of the molecule is COC(=O)N[C@H](C(=O)N1C[C@@H](C)C[C@H]1c1ncc(-c2ccc(-c3ccc(-c4ccc5nc([C@@H]6C[C@@H](C)CN6C(=O)[C@@H](NC(=O)OC)C(C)C)[nH]c5c4)cc3)cc2)[nH]1)C(C)C. The Labute approximate surface area is 350 Å². The third-order valence-electron chi connectivity index (χ3n) is 11.8. The highest BCUT2D eigenvalue weighted by Gasteiger charge is 2.41. The summed E-state index contributed by atoms with van der Waals surface area (Å²) in [6, 6.07) is 21.1. The number of carbonyl (C=O) groups is 4. The Balaban J connectivity index is 1.03. The summed E-state index contributed by atoms with van der Waals surface area (Å²) < 4.78 is 9.58. The Morgan fingerprint density at radius 2 is 1.10 bits per heavy atom. The number of benzene rings is 3. The van der Waals surface area contributed by atoms with Crippen LogP contribution in [0.5, 0.6) is 0 Å². The first kappa shape index (κ1) is 42.0. The number of alkyl carbamates (subject to hydrolysis) is 2. The van der Waals surface area contributed by atoms with Crippen LogP contribution in [0, 0.1) is 23.7 Å². The molecule has 0 aliphatic carbocycles. The second-order valence-corrected chi connectivity index (χ2v) is 17.1. The van der Waals surface area contributed by atoms with Crippen LogP contribution in [0.4, 0.5) is 9.59 Å². The Morgan fingerprint density at radius 1 is 0.650 bits per heavy atom. The van der Waals surface area contributed by atoms with Crippen molar-refractivity contribution in [2.45, 2.75) is 78.6 Å². The van der Waals surface area contributed by atoms with Gasteiger partial charge in [-0.05, 0) is 76.5 Å². The van der Waals surface area contributed by atoms with Crippen molar-refractivity contribution in [3.8, 4) is 33.5 Å². The Morgan fingerprint density at radius 3 is 1.58 bits per heavy atom. The quantitative estimate of drug-likeness (QED) is 0.104. The lowest BCUT2D eigenvalue weighted by molar-refractivity contribution is -0.136. The van der Waals surface area contributed by atoms with E-state index < -0.39 is 24.3 Å². The molecule has 316 valence electrons. The topological polar surface area (TPSA) is 175 Å². The maximum Gasteiger partial charge on any atom is 0.407 e. The molecule has 0 unspecified atom stereocenters. The van der Waals surface area contributed by atoms with Crippen LogP contribution < -0.4 is 10.6 Å². The van der Waals surface area contributed by atoms with Gasteiger partial charge in [0.1, 0.15) is 23.7 Å². The summed E-state index contributed by atoms with van der Waals surface area (Å²) in [5.74, 6) is 1.51. The van der Waals surface area contributed by atoms with Crippen molar-refractivity contribution >= 4 is 35.0 Å². The first-order valence-corrected chi connectivity index (χ1v) is 20.8. The number of fused-ring (bicyclic) bond motifs is 1. The molecule has 4 N–H and O–H groups in total. The number of rotatable bonds is 11. The fourth-order valence-corrected chi connectivity index (χ4v) is 8.57. The number of aromatic nitrogens is 4. The maximum atomic E-state index is 13.8. The van der Waals surface area contributed by atoms with Crippen LogP contribution in [0.1, 0.15) is 78.1 Å². The summed E-state index contributed by atoms with van der Waals surface area (Å²) in [6.45, 7) is 13.0. The van der Waals surface area contributed by atoms with Crippen LogP contribution in [0.25, 0.3) is 44.5 Å². The zero-order valence-corrected chi connectivity index (χ0v) is 35.6. The Bertz CT molecular complexity index is 2330. The van der Waals surface area contributed by atoms with Crippen molar-refractivity contribution in [1.82, 2.24) is 40.4 Å². The zero-order valence-electron chi connectivity index (χ0n) is 35.6. The molecule has 4 heterocycles. The Hall–Kier alpha value is -6.18. The number of carbonyl (C=O) groups excluding carboxylic acids is 4. The lowest BCUT2D eigenvalue weighted by Crippen LogP contribution is -2.51. The number of hydrogen-bond acceptors (Lipinski definition) is 8. The lowest BCUT2D eigenvalue weighted by Gasteiger charge is -2.30. The van der Waals surface area contributed by atoms with Crippen LogP contribution in [0.3, 0.4) is 0 Å². The molecule has 5 aromatic rings. The van der Waals surface area contributed by atoms with E-state index >= 15 is 0 Å². The van der Waals surface area contributed by atoms with E-state index in [2.05, 4.69) is 95.1 Å². The standard InChI is InChI=1S/C46H56N8O6/c1-25(2)39(51-45(57)59-7)43(55)53-23-27(5)19-37(53)41-47-22-36(50-41)32-15-13-30(14-16-32)29-9-11-31(12-10-29)33-17-18-34-35(21-33)49-42(48-34)38-20-28(6)24-54(38)44(56)40(26(3)4)52-46(58)60-8/h9-18,21-22,25-28,37-40H,19-20,23-24H2,1-8H3,(H,47,50)(H,48,49)(H,51,57)(H,52,58)/t27-,28+,37-,38-,39-,40-/m0/s1. The molecule has 14 nitrogen and oxygen atoms in total. The van der Waals surface area contributed by atoms with Gasteiger partial charge < -0.3 is 39.9 Å². The predicted octanol–water partition coefficient (Wildman–Crippen LogP) is 7.87. The molecule has 2 aliphatic rings. The minimum atomic E-state index is -0.701. The van der Waals surface area contributed by atoms with Gasteiger partial charge in [0.25, 0.3) is 0 Å². The first-order chi connectivity index (χ1) is 28.7. The highest BCUT2D eigenvalue weighted by Crippen LogP contribution is 2.38. The third kappa shape index (κ3) is 8.73. The van der Waals surface area contributed by atoms with E-state index in [-0.39, 0.29) is 47.6 Å². The van der Waals surface area contributed by atoms with Gasteiger partial charge in [-0.25, -0.2) is 19.6 Å². The molecule has 0 radical (unpaired) electrons. The molecule has 0 bridgehead atoms. The number of methoxy groups -OCH3 is 2. The predicted molar refractivity (Wildman–Crippen MR) is 229 cm³/mol. The molecule has 0 saturated carbocycles. The van der Waals surface area contributed by atoms with Crippen LogP contribution in [0.2, 0.25) is 0 Å². The molecule has 60 heavy (non-hydrogen) atoms. The number of nitrogens with one attached hydrogen (secondary N) is 4. The minimum Gasteiger partial charge on any atom is -0.453 e. The van der Waals surface area contributed by atoms with E-state index in [9.17, 15) is 19.2 Å². The number of ether oxygens (including phenoxy) is 2. The highest BCUT2D eigenvalue weighted by molar-refractivity contribution is 5.88. The van der Waals surface area contributed by atoms with Gasteiger partial charge in [0, 0.05) is 13.1 Å². The maximum absolute atomic E-state index is 13.8. The second-order valence-electron chi connectivity index (χ2n) is 17.1. The smallest absolute Gasteiger partial charge is 0.407 e.